The molecule has 0 radical (unpaired) electrons. The fourth-order valence-corrected chi connectivity index (χ4v) is 2.39. The zero-order valence-corrected chi connectivity index (χ0v) is 11.4. The third-order valence-corrected chi connectivity index (χ3v) is 3.45. The first-order valence-corrected chi connectivity index (χ1v) is 6.89. The third-order valence-electron chi connectivity index (χ3n) is 2.50. The number of aromatic nitrogens is 2. The topological polar surface area (TPSA) is 58.1 Å². The van der Waals surface area contributed by atoms with E-state index >= 15 is 0 Å². The van der Waals surface area contributed by atoms with Gasteiger partial charge in [-0.3, -0.25) is 0 Å². The Morgan fingerprint density at radius 2 is 2.20 bits per heavy atom. The van der Waals surface area contributed by atoms with Gasteiger partial charge in [-0.2, -0.15) is 13.2 Å². The molecule has 20 heavy (non-hydrogen) atoms. The third kappa shape index (κ3) is 3.57. The highest BCUT2D eigenvalue weighted by Crippen LogP contribution is 2.27. The number of imidazole rings is 1. The highest BCUT2D eigenvalue weighted by molar-refractivity contribution is 7.99. The van der Waals surface area contributed by atoms with E-state index in [4.69, 9.17) is 9.84 Å². The summed E-state index contributed by atoms with van der Waals surface area (Å²) in [6.45, 7) is 2.38. The van der Waals surface area contributed by atoms with Crippen LogP contribution < -0.4 is 4.74 Å². The molecular weight excluding hydrogens is 293 g/mol. The second-order valence-electron chi connectivity index (χ2n) is 4.02. The van der Waals surface area contributed by atoms with Crippen molar-refractivity contribution in [2.45, 2.75) is 24.4 Å². The fraction of sp³-hybridized carbons (Fsp3) is 0.417. The lowest BCUT2D eigenvalue weighted by molar-refractivity contribution is -0.195. The molecule has 2 N–H and O–H groups in total. The molecule has 2 aromatic rings. The van der Waals surface area contributed by atoms with Crippen LogP contribution in [0.4, 0.5) is 13.2 Å². The van der Waals surface area contributed by atoms with E-state index in [0.717, 1.165) is 11.8 Å². The van der Waals surface area contributed by atoms with Crippen molar-refractivity contribution in [2.24, 2.45) is 0 Å². The zero-order valence-electron chi connectivity index (χ0n) is 10.6. The number of nitrogens with one attached hydrogen (secondary N) is 1. The summed E-state index contributed by atoms with van der Waals surface area (Å²) in [5, 5.41) is 9.26. The smallest absolute Gasteiger partial charge is 0.415 e. The Hall–Kier alpha value is -1.41. The number of benzene rings is 1. The van der Waals surface area contributed by atoms with Crippen LogP contribution in [-0.4, -0.2) is 39.7 Å². The minimum Gasteiger partial charge on any atom is -0.494 e. The van der Waals surface area contributed by atoms with Gasteiger partial charge in [0.25, 0.3) is 0 Å². The van der Waals surface area contributed by atoms with E-state index in [1.807, 2.05) is 6.92 Å². The molecule has 0 aliphatic carbocycles. The number of aromatic amines is 1. The highest BCUT2D eigenvalue weighted by atomic mass is 32.2. The van der Waals surface area contributed by atoms with E-state index in [2.05, 4.69) is 9.97 Å². The predicted molar refractivity (Wildman–Crippen MR) is 70.0 cm³/mol. The van der Waals surface area contributed by atoms with Crippen LogP contribution in [0.3, 0.4) is 0 Å². The summed E-state index contributed by atoms with van der Waals surface area (Å²) < 4.78 is 41.9. The number of hydrogen-bond donors (Lipinski definition) is 2. The molecule has 110 valence electrons. The summed E-state index contributed by atoms with van der Waals surface area (Å²) in [5.74, 6) is 0.164. The normalized spacial score (nSPS) is 13.7. The minimum absolute atomic E-state index is 0.331. The first-order valence-electron chi connectivity index (χ1n) is 5.90. The molecule has 1 atom stereocenters. The maximum atomic E-state index is 12.2. The van der Waals surface area contributed by atoms with E-state index in [0.29, 0.717) is 28.5 Å². The predicted octanol–water partition coefficient (Wildman–Crippen LogP) is 2.98. The Morgan fingerprint density at radius 3 is 2.85 bits per heavy atom. The maximum Gasteiger partial charge on any atom is 0.415 e. The minimum atomic E-state index is -4.61. The number of aliphatic hydroxyl groups excluding tert-OH is 1. The number of ether oxygens (including phenoxy) is 1. The van der Waals surface area contributed by atoms with E-state index in [-0.39, 0.29) is 0 Å². The number of rotatable bonds is 5. The number of halogens is 3. The molecule has 0 aliphatic heterocycles. The van der Waals surface area contributed by atoms with Crippen molar-refractivity contribution in [3.8, 4) is 5.75 Å². The second kappa shape index (κ2) is 5.92. The van der Waals surface area contributed by atoms with Gasteiger partial charge in [-0.25, -0.2) is 4.98 Å². The average molecular weight is 306 g/mol. The van der Waals surface area contributed by atoms with Crippen molar-refractivity contribution in [3.63, 3.8) is 0 Å². The Labute approximate surface area is 117 Å². The molecular formula is C12H13F3N2O2S. The van der Waals surface area contributed by atoms with E-state index in [1.54, 1.807) is 18.2 Å². The van der Waals surface area contributed by atoms with E-state index in [1.165, 1.54) is 0 Å². The van der Waals surface area contributed by atoms with Crippen LogP contribution in [0.15, 0.2) is 23.4 Å². The van der Waals surface area contributed by atoms with Crippen LogP contribution in [0.1, 0.15) is 6.92 Å². The molecule has 0 spiro atoms. The number of nitrogens with zero attached hydrogens (tertiary/aromatic N) is 1. The van der Waals surface area contributed by atoms with Gasteiger partial charge >= 0.3 is 6.18 Å². The van der Waals surface area contributed by atoms with Crippen molar-refractivity contribution in [2.75, 3.05) is 12.4 Å². The van der Waals surface area contributed by atoms with Gasteiger partial charge in [0.15, 0.2) is 11.3 Å². The number of aliphatic hydroxyl groups is 1. The van der Waals surface area contributed by atoms with Gasteiger partial charge in [0, 0.05) is 11.8 Å². The molecule has 0 amide bonds. The molecule has 1 heterocycles. The Bertz CT molecular complexity index is 586. The Balaban J connectivity index is 2.08. The summed E-state index contributed by atoms with van der Waals surface area (Å²) in [6.07, 6.45) is -6.97. The van der Waals surface area contributed by atoms with Crippen LogP contribution in [0.5, 0.6) is 5.75 Å². The second-order valence-corrected chi connectivity index (χ2v) is 5.03. The lowest BCUT2D eigenvalue weighted by Gasteiger charge is -2.12. The Morgan fingerprint density at radius 1 is 1.45 bits per heavy atom. The molecule has 1 unspecified atom stereocenters. The number of thioether (sulfide) groups is 1. The van der Waals surface area contributed by atoms with Gasteiger partial charge in [0.1, 0.15) is 5.75 Å². The molecule has 0 aliphatic rings. The number of fused-ring (bicyclic) bond motifs is 1. The number of hydrogen-bond acceptors (Lipinski definition) is 4. The van der Waals surface area contributed by atoms with Crippen molar-refractivity contribution in [1.29, 1.82) is 0 Å². The van der Waals surface area contributed by atoms with Crippen LogP contribution in [0.25, 0.3) is 11.0 Å². The molecule has 0 bridgehead atoms. The van der Waals surface area contributed by atoms with Crippen LogP contribution in [0, 0.1) is 0 Å². The molecule has 2 rings (SSSR count). The molecule has 0 saturated carbocycles. The van der Waals surface area contributed by atoms with E-state index < -0.39 is 18.0 Å². The Kier molecular flexibility index (Phi) is 4.44. The van der Waals surface area contributed by atoms with Gasteiger partial charge in [-0.15, -0.1) is 0 Å². The molecule has 4 nitrogen and oxygen atoms in total. The van der Waals surface area contributed by atoms with Crippen molar-refractivity contribution in [3.05, 3.63) is 18.2 Å². The van der Waals surface area contributed by atoms with Crippen LogP contribution in [0.2, 0.25) is 0 Å². The first-order chi connectivity index (χ1) is 9.40. The quantitative estimate of drug-likeness (QED) is 0.834. The SMILES string of the molecule is CCOc1ccc2nc(SCC(O)C(F)(F)F)[nH]c2c1. The zero-order chi connectivity index (χ0) is 14.8. The van der Waals surface area contributed by atoms with Gasteiger partial charge in [-0.1, -0.05) is 11.8 Å². The van der Waals surface area contributed by atoms with Crippen LogP contribution >= 0.6 is 11.8 Å². The van der Waals surface area contributed by atoms with Gasteiger partial charge < -0.3 is 14.8 Å². The average Bonchev–Trinajstić information content (AvgIpc) is 2.77. The highest BCUT2D eigenvalue weighted by Gasteiger charge is 2.38. The van der Waals surface area contributed by atoms with Gasteiger partial charge in [0.05, 0.1) is 17.6 Å². The molecule has 0 saturated heterocycles. The molecule has 1 aromatic heterocycles. The summed E-state index contributed by atoms with van der Waals surface area (Å²) in [7, 11) is 0. The molecule has 1 aromatic carbocycles. The van der Waals surface area contributed by atoms with Gasteiger partial charge in [0.2, 0.25) is 0 Å². The van der Waals surface area contributed by atoms with Crippen molar-refractivity contribution < 1.29 is 23.0 Å². The summed E-state index contributed by atoms with van der Waals surface area (Å²) in [6, 6.07) is 5.20. The van der Waals surface area contributed by atoms with Crippen LogP contribution in [-0.2, 0) is 0 Å². The summed E-state index contributed by atoms with van der Waals surface area (Å²) in [5.41, 5.74) is 1.32. The lowest BCUT2D eigenvalue weighted by Crippen LogP contribution is -2.30. The van der Waals surface area contributed by atoms with Crippen molar-refractivity contribution in [1.82, 2.24) is 9.97 Å². The number of H-pyrrole nitrogens is 1. The molecule has 8 heteroatoms. The standard InChI is InChI=1S/C12H13F3N2O2S/c1-2-19-7-3-4-8-9(5-7)17-11(16-8)20-6-10(18)12(13,14)15/h3-5,10,18H,2,6H2,1H3,(H,16,17). The fourth-order valence-electron chi connectivity index (χ4n) is 1.54. The maximum absolute atomic E-state index is 12.2. The molecule has 0 fully saturated rings. The largest absolute Gasteiger partial charge is 0.494 e. The summed E-state index contributed by atoms with van der Waals surface area (Å²) >= 11 is 0.823. The first kappa shape index (κ1) is 15.0. The monoisotopic (exact) mass is 306 g/mol. The lowest BCUT2D eigenvalue weighted by atomic mass is 10.3. The number of alkyl halides is 3. The summed E-state index contributed by atoms with van der Waals surface area (Å²) in [4.78, 5) is 7.04. The van der Waals surface area contributed by atoms with Crippen molar-refractivity contribution >= 4 is 22.8 Å². The van der Waals surface area contributed by atoms with Gasteiger partial charge in [-0.05, 0) is 19.1 Å². The van der Waals surface area contributed by atoms with E-state index in [9.17, 15) is 13.2 Å².